The second-order valence-electron chi connectivity index (χ2n) is 7.22. The number of hydrogen-bond acceptors (Lipinski definition) is 7. The Labute approximate surface area is 208 Å². The van der Waals surface area contributed by atoms with Gasteiger partial charge in [0.1, 0.15) is 6.54 Å². The van der Waals surface area contributed by atoms with Crippen LogP contribution < -0.4 is 4.57 Å². The number of aryl methyl sites for hydroxylation is 2. The minimum absolute atomic E-state index is 0.778. The van der Waals surface area contributed by atoms with Gasteiger partial charge in [-0.05, 0) is 25.3 Å². The highest BCUT2D eigenvalue weighted by Gasteiger charge is 2.47. The topological polar surface area (TPSA) is 114 Å². The fourth-order valence-electron chi connectivity index (χ4n) is 2.65. The minimum Gasteiger partial charge on any atom is -0.421 e. The van der Waals surface area contributed by atoms with Gasteiger partial charge < -0.3 is 17.4 Å². The van der Waals surface area contributed by atoms with Gasteiger partial charge in [-0.25, -0.2) is 21.4 Å². The van der Waals surface area contributed by atoms with Crippen LogP contribution in [0.1, 0.15) is 38.2 Å². The third-order valence-corrected chi connectivity index (χ3v) is 10.2. The van der Waals surface area contributed by atoms with Gasteiger partial charge in [-0.1, -0.05) is 13.3 Å². The molecule has 1 aromatic rings. The van der Waals surface area contributed by atoms with Gasteiger partial charge in [-0.15, -0.1) is 0 Å². The van der Waals surface area contributed by atoms with Gasteiger partial charge in [0.2, 0.25) is 0 Å². The Bertz CT molecular complexity index is 952. The lowest BCUT2D eigenvalue weighted by Gasteiger charge is -2.23. The number of nitrogens with zero attached hydrogens (tertiary/aromatic N) is 2. The fourth-order valence-corrected chi connectivity index (χ4v) is 6.15. The van der Waals surface area contributed by atoms with Crippen molar-refractivity contribution in [3.05, 3.63) is 34.2 Å². The molecule has 212 valence electrons. The van der Waals surface area contributed by atoms with Crippen molar-refractivity contribution in [3.63, 3.8) is 0 Å². The third kappa shape index (κ3) is 11.4. The first kappa shape index (κ1) is 34.7. The van der Waals surface area contributed by atoms with Crippen molar-refractivity contribution in [2.24, 2.45) is 0 Å². The second kappa shape index (κ2) is 14.6. The standard InChI is InChI=1S/C16H30NO3Si.C2F6NO4S2/c1-5-6-10-16-11-9-13-17(15-16)12-7-8-14-21(18-2,19-3)20-4;3-1(4,5)14(10,11)9-15(12,13)2(6,7)8/h9,11,13,15H,5-8,10,12,14H2,1-4H3;/q+1;-1. The highest BCUT2D eigenvalue weighted by atomic mass is 32.3. The van der Waals surface area contributed by atoms with Crippen molar-refractivity contribution >= 4 is 28.9 Å². The van der Waals surface area contributed by atoms with Crippen LogP contribution in [0.5, 0.6) is 0 Å². The summed E-state index contributed by atoms with van der Waals surface area (Å²) >= 11 is 0. The lowest BCUT2D eigenvalue weighted by atomic mass is 10.1. The molecule has 0 aliphatic heterocycles. The SMILES string of the molecule is CCCCc1ccc[n+](CCCC[Si](OC)(OC)OC)c1.O=S(=O)([N-]S(=O)(=O)C(F)(F)F)C(F)(F)F. The molecular formula is C18H30F6N2O7S2Si. The molecule has 18 heteroatoms. The minimum atomic E-state index is -6.72. The molecule has 0 N–H and O–H groups in total. The summed E-state index contributed by atoms with van der Waals surface area (Å²) in [5.74, 6) is 0. The summed E-state index contributed by atoms with van der Waals surface area (Å²) in [6.45, 7) is 3.26. The van der Waals surface area contributed by atoms with Crippen molar-refractivity contribution in [1.29, 1.82) is 0 Å². The molecule has 1 rings (SSSR count). The van der Waals surface area contributed by atoms with Crippen molar-refractivity contribution in [3.8, 4) is 0 Å². The molecule has 0 unspecified atom stereocenters. The van der Waals surface area contributed by atoms with Crippen LogP contribution in [0.15, 0.2) is 24.5 Å². The smallest absolute Gasteiger partial charge is 0.421 e. The maximum absolute atomic E-state index is 11.4. The average molecular weight is 593 g/mol. The van der Waals surface area contributed by atoms with E-state index in [9.17, 15) is 43.2 Å². The zero-order valence-corrected chi connectivity index (χ0v) is 22.7. The Balaban J connectivity index is 0.000000723. The largest absolute Gasteiger partial charge is 0.500 e. The van der Waals surface area contributed by atoms with E-state index in [1.165, 1.54) is 24.8 Å². The van der Waals surface area contributed by atoms with Crippen LogP contribution in [0, 0.1) is 0 Å². The lowest BCUT2D eigenvalue weighted by Crippen LogP contribution is -2.42. The maximum Gasteiger partial charge on any atom is 0.500 e. The van der Waals surface area contributed by atoms with Crippen molar-refractivity contribution in [2.75, 3.05) is 21.3 Å². The Morgan fingerprint density at radius 3 is 1.81 bits per heavy atom. The van der Waals surface area contributed by atoms with Gasteiger partial charge in [-0.2, -0.15) is 26.3 Å². The zero-order chi connectivity index (χ0) is 28.3. The summed E-state index contributed by atoms with van der Waals surface area (Å²) in [4.78, 5) is 0. The van der Waals surface area contributed by atoms with E-state index in [4.69, 9.17) is 13.3 Å². The number of alkyl halides is 6. The number of pyridine rings is 1. The summed E-state index contributed by atoms with van der Waals surface area (Å²) in [5, 5.41) is 0. The molecule has 0 bridgehead atoms. The van der Waals surface area contributed by atoms with Gasteiger partial charge in [0.05, 0.1) is 0 Å². The van der Waals surface area contributed by atoms with Crippen LogP contribution in [0.2, 0.25) is 6.04 Å². The van der Waals surface area contributed by atoms with Gasteiger partial charge in [0.25, 0.3) is 0 Å². The molecule has 0 aliphatic rings. The van der Waals surface area contributed by atoms with E-state index in [-0.39, 0.29) is 0 Å². The maximum atomic E-state index is 11.4. The molecule has 0 fully saturated rings. The van der Waals surface area contributed by atoms with E-state index in [1.807, 2.05) is 0 Å². The molecule has 9 nitrogen and oxygen atoms in total. The molecule has 1 heterocycles. The summed E-state index contributed by atoms with van der Waals surface area (Å²) in [6, 6.07) is 5.22. The molecule has 0 radical (unpaired) electrons. The highest BCUT2D eigenvalue weighted by molar-refractivity contribution is 8.13. The van der Waals surface area contributed by atoms with E-state index in [0.717, 1.165) is 29.6 Å². The van der Waals surface area contributed by atoms with Gasteiger partial charge in [0.15, 0.2) is 32.4 Å². The van der Waals surface area contributed by atoms with Gasteiger partial charge in [0, 0.05) is 45.4 Å². The van der Waals surface area contributed by atoms with Crippen LogP contribution in [0.25, 0.3) is 4.13 Å². The zero-order valence-electron chi connectivity index (χ0n) is 20.1. The van der Waals surface area contributed by atoms with E-state index in [2.05, 4.69) is 36.0 Å². The Morgan fingerprint density at radius 1 is 0.889 bits per heavy atom. The Kier molecular flexibility index (Phi) is 14.0. The van der Waals surface area contributed by atoms with Crippen LogP contribution in [0.4, 0.5) is 26.3 Å². The first-order valence-corrected chi connectivity index (χ1v) is 15.2. The van der Waals surface area contributed by atoms with Crippen LogP contribution in [0.3, 0.4) is 0 Å². The quantitative estimate of drug-likeness (QED) is 0.147. The number of unbranched alkanes of at least 4 members (excludes halogenated alkanes) is 2. The molecule has 0 saturated carbocycles. The molecule has 1 aromatic heterocycles. The molecule has 36 heavy (non-hydrogen) atoms. The van der Waals surface area contributed by atoms with Crippen LogP contribution >= 0.6 is 0 Å². The molecule has 0 spiro atoms. The molecule has 0 aliphatic carbocycles. The summed E-state index contributed by atoms with van der Waals surface area (Å²) in [6.07, 6.45) is 10.2. The van der Waals surface area contributed by atoms with E-state index < -0.39 is 39.9 Å². The molecular weight excluding hydrogens is 562 g/mol. The Hall–Kier alpha value is -1.31. The summed E-state index contributed by atoms with van der Waals surface area (Å²) in [7, 11) is -10.8. The van der Waals surface area contributed by atoms with Crippen molar-refractivity contribution < 1.29 is 61.0 Å². The third-order valence-electron chi connectivity index (χ3n) is 4.60. The molecule has 0 atom stereocenters. The van der Waals surface area contributed by atoms with E-state index in [1.54, 1.807) is 21.3 Å². The molecule has 0 aromatic carbocycles. The summed E-state index contributed by atoms with van der Waals surface area (Å²) in [5.41, 5.74) is -11.0. The predicted molar refractivity (Wildman–Crippen MR) is 119 cm³/mol. The van der Waals surface area contributed by atoms with Crippen molar-refractivity contribution in [1.82, 2.24) is 0 Å². The van der Waals surface area contributed by atoms with Gasteiger partial charge in [-0.3, -0.25) is 0 Å². The average Bonchev–Trinajstić information content (AvgIpc) is 2.77. The van der Waals surface area contributed by atoms with Crippen molar-refractivity contribution in [2.45, 2.75) is 62.6 Å². The van der Waals surface area contributed by atoms with Crippen LogP contribution in [-0.2, 0) is 46.3 Å². The van der Waals surface area contributed by atoms with E-state index >= 15 is 0 Å². The highest BCUT2D eigenvalue weighted by Crippen LogP contribution is 2.36. The van der Waals surface area contributed by atoms with Gasteiger partial charge >= 0.3 is 19.8 Å². The normalized spacial score (nSPS) is 13.3. The fraction of sp³-hybridized carbons (Fsp3) is 0.722. The number of sulfonamides is 2. The number of halogens is 6. The summed E-state index contributed by atoms with van der Waals surface area (Å²) < 4.78 is 128. The number of aromatic nitrogens is 1. The second-order valence-corrected chi connectivity index (χ2v) is 13.7. The number of rotatable bonds is 13. The predicted octanol–water partition coefficient (Wildman–Crippen LogP) is 4.03. The first-order valence-electron chi connectivity index (χ1n) is 10.4. The molecule has 0 saturated heterocycles. The Morgan fingerprint density at radius 2 is 1.39 bits per heavy atom. The monoisotopic (exact) mass is 592 g/mol. The first-order chi connectivity index (χ1) is 16.4. The molecule has 0 amide bonds. The van der Waals surface area contributed by atoms with E-state index in [0.29, 0.717) is 0 Å². The number of hydrogen-bond donors (Lipinski definition) is 0. The van der Waals surface area contributed by atoms with Crippen LogP contribution in [-0.4, -0.2) is 58.0 Å². The lowest BCUT2D eigenvalue weighted by molar-refractivity contribution is -0.697.